The van der Waals surface area contributed by atoms with Crippen LogP contribution in [0.1, 0.15) is 6.92 Å². The minimum atomic E-state index is -0.126. The third kappa shape index (κ3) is 2.10. The molecule has 1 radical (unpaired) electrons. The Hall–Kier alpha value is -0.220. The van der Waals surface area contributed by atoms with Gasteiger partial charge in [-0.15, -0.1) is 0 Å². The third-order valence-corrected chi connectivity index (χ3v) is 2.96. The first-order valence-electron chi connectivity index (χ1n) is 3.75. The molecule has 1 aliphatic heterocycles. The van der Waals surface area contributed by atoms with Gasteiger partial charge in [-0.3, -0.25) is 4.79 Å². The van der Waals surface area contributed by atoms with Crippen LogP contribution in [0.15, 0.2) is 0 Å². The number of nitrogens with zero attached hydrogens (tertiary/aromatic N) is 1. The SMILES string of the molecule is CNC(=O)C1[N]CCSC1C. The van der Waals surface area contributed by atoms with Crippen molar-refractivity contribution < 1.29 is 4.79 Å². The van der Waals surface area contributed by atoms with Crippen molar-refractivity contribution in [2.24, 2.45) is 0 Å². The quantitative estimate of drug-likeness (QED) is 0.599. The summed E-state index contributed by atoms with van der Waals surface area (Å²) >= 11 is 1.82. The van der Waals surface area contributed by atoms with Crippen LogP contribution in [0.4, 0.5) is 0 Å². The molecule has 1 aliphatic rings. The third-order valence-electron chi connectivity index (χ3n) is 1.76. The van der Waals surface area contributed by atoms with Crippen LogP contribution >= 0.6 is 11.8 Å². The number of likely N-dealkylation sites (N-methyl/N-ethyl adjacent to an activating group) is 1. The molecule has 2 unspecified atom stereocenters. The highest BCUT2D eigenvalue weighted by Gasteiger charge is 2.27. The van der Waals surface area contributed by atoms with E-state index in [2.05, 4.69) is 10.6 Å². The molecule has 1 rings (SSSR count). The highest BCUT2D eigenvalue weighted by atomic mass is 32.2. The molecule has 0 aromatic rings. The summed E-state index contributed by atoms with van der Waals surface area (Å²) in [6.07, 6.45) is 0. The molecule has 2 atom stereocenters. The van der Waals surface area contributed by atoms with Crippen molar-refractivity contribution in [1.82, 2.24) is 10.6 Å². The van der Waals surface area contributed by atoms with Gasteiger partial charge in [-0.05, 0) is 0 Å². The second kappa shape index (κ2) is 3.97. The van der Waals surface area contributed by atoms with E-state index in [1.807, 2.05) is 18.7 Å². The summed E-state index contributed by atoms with van der Waals surface area (Å²) < 4.78 is 0. The molecule has 1 saturated heterocycles. The first kappa shape index (κ1) is 8.87. The van der Waals surface area contributed by atoms with E-state index in [1.54, 1.807) is 7.05 Å². The number of carbonyl (C=O) groups excluding carboxylic acids is 1. The zero-order valence-corrected chi connectivity index (χ0v) is 7.65. The fourth-order valence-corrected chi connectivity index (χ4v) is 2.09. The Bertz CT molecular complexity index is 151. The van der Waals surface area contributed by atoms with Gasteiger partial charge in [-0.1, -0.05) is 6.92 Å². The lowest BCUT2D eigenvalue weighted by atomic mass is 10.2. The molecule has 0 aliphatic carbocycles. The van der Waals surface area contributed by atoms with Crippen LogP contribution in [-0.2, 0) is 4.79 Å². The minimum Gasteiger partial charge on any atom is -0.358 e. The van der Waals surface area contributed by atoms with Crippen LogP contribution in [-0.4, -0.2) is 36.5 Å². The maximum absolute atomic E-state index is 11.2. The summed E-state index contributed by atoms with van der Waals surface area (Å²) in [5.74, 6) is 1.10. The van der Waals surface area contributed by atoms with Gasteiger partial charge in [0.2, 0.25) is 5.91 Å². The topological polar surface area (TPSA) is 43.2 Å². The monoisotopic (exact) mass is 173 g/mol. The molecule has 1 amide bonds. The van der Waals surface area contributed by atoms with Gasteiger partial charge in [0.05, 0.1) is 0 Å². The molecule has 0 spiro atoms. The molecule has 4 heteroatoms. The molecule has 11 heavy (non-hydrogen) atoms. The summed E-state index contributed by atoms with van der Waals surface area (Å²) in [5, 5.41) is 7.20. The van der Waals surface area contributed by atoms with Crippen LogP contribution in [0, 0.1) is 0 Å². The van der Waals surface area contributed by atoms with E-state index in [1.165, 1.54) is 0 Å². The van der Waals surface area contributed by atoms with Gasteiger partial charge in [-0.2, -0.15) is 11.8 Å². The largest absolute Gasteiger partial charge is 0.358 e. The number of rotatable bonds is 1. The number of amides is 1. The van der Waals surface area contributed by atoms with E-state index >= 15 is 0 Å². The van der Waals surface area contributed by atoms with Crippen molar-refractivity contribution >= 4 is 17.7 Å². The average Bonchev–Trinajstić information content (AvgIpc) is 2.04. The second-order valence-corrected chi connectivity index (χ2v) is 4.03. The number of thioether (sulfide) groups is 1. The van der Waals surface area contributed by atoms with Gasteiger partial charge in [-0.25, -0.2) is 5.32 Å². The fraction of sp³-hybridized carbons (Fsp3) is 0.857. The molecule has 0 aromatic carbocycles. The highest BCUT2D eigenvalue weighted by Crippen LogP contribution is 2.18. The predicted octanol–water partition coefficient (Wildman–Crippen LogP) is -0.159. The molecule has 1 heterocycles. The zero-order valence-electron chi connectivity index (χ0n) is 6.83. The molecular weight excluding hydrogens is 160 g/mol. The summed E-state index contributed by atoms with van der Waals surface area (Å²) in [7, 11) is 1.66. The second-order valence-electron chi connectivity index (χ2n) is 2.54. The van der Waals surface area contributed by atoms with Crippen molar-refractivity contribution in [2.75, 3.05) is 19.3 Å². The number of nitrogens with one attached hydrogen (secondary N) is 1. The Morgan fingerprint density at radius 3 is 3.00 bits per heavy atom. The molecule has 1 fully saturated rings. The summed E-state index contributed by atoms with van der Waals surface area (Å²) in [5.41, 5.74) is 0. The average molecular weight is 173 g/mol. The van der Waals surface area contributed by atoms with E-state index in [-0.39, 0.29) is 11.9 Å². The van der Waals surface area contributed by atoms with Crippen molar-refractivity contribution in [2.45, 2.75) is 18.2 Å². The van der Waals surface area contributed by atoms with Gasteiger partial charge in [0.15, 0.2) is 0 Å². The number of hydrogen-bond donors (Lipinski definition) is 1. The Kier molecular flexibility index (Phi) is 3.20. The van der Waals surface area contributed by atoms with Gasteiger partial charge < -0.3 is 5.32 Å². The smallest absolute Gasteiger partial charge is 0.239 e. The Morgan fingerprint density at radius 1 is 1.73 bits per heavy atom. The zero-order chi connectivity index (χ0) is 8.27. The van der Waals surface area contributed by atoms with Crippen LogP contribution in [0.2, 0.25) is 0 Å². The lowest BCUT2D eigenvalue weighted by Gasteiger charge is -2.26. The number of carbonyl (C=O) groups is 1. The molecule has 1 N–H and O–H groups in total. The van der Waals surface area contributed by atoms with Gasteiger partial charge >= 0.3 is 0 Å². The van der Waals surface area contributed by atoms with Crippen molar-refractivity contribution in [3.63, 3.8) is 0 Å². The van der Waals surface area contributed by atoms with Crippen LogP contribution < -0.4 is 10.6 Å². The van der Waals surface area contributed by atoms with E-state index < -0.39 is 0 Å². The first-order chi connectivity index (χ1) is 5.25. The van der Waals surface area contributed by atoms with Crippen molar-refractivity contribution in [3.8, 4) is 0 Å². The fourth-order valence-electron chi connectivity index (χ4n) is 1.11. The summed E-state index contributed by atoms with van der Waals surface area (Å²) in [6, 6.07) is -0.126. The standard InChI is InChI=1S/C7H13N2OS/c1-5-6(7(10)8-2)9-3-4-11-5/h5-6H,3-4H2,1-2H3,(H,8,10). The maximum Gasteiger partial charge on any atom is 0.239 e. The Labute approximate surface area is 71.3 Å². The molecule has 3 nitrogen and oxygen atoms in total. The van der Waals surface area contributed by atoms with Crippen molar-refractivity contribution in [3.05, 3.63) is 0 Å². The van der Waals surface area contributed by atoms with Gasteiger partial charge in [0, 0.05) is 24.6 Å². The molecule has 0 saturated carbocycles. The lowest BCUT2D eigenvalue weighted by molar-refractivity contribution is -0.122. The van der Waals surface area contributed by atoms with Crippen LogP contribution in [0.3, 0.4) is 0 Å². The minimum absolute atomic E-state index is 0.0460. The maximum atomic E-state index is 11.2. The van der Waals surface area contributed by atoms with Gasteiger partial charge in [0.25, 0.3) is 0 Å². The lowest BCUT2D eigenvalue weighted by Crippen LogP contribution is -2.48. The van der Waals surface area contributed by atoms with Crippen LogP contribution in [0.25, 0.3) is 0 Å². The number of hydrogen-bond acceptors (Lipinski definition) is 2. The van der Waals surface area contributed by atoms with Crippen LogP contribution in [0.5, 0.6) is 0 Å². The molecule has 63 valence electrons. The normalized spacial score (nSPS) is 31.5. The summed E-state index contributed by atoms with van der Waals surface area (Å²) in [6.45, 7) is 2.86. The Balaban J connectivity index is 2.47. The highest BCUT2D eigenvalue weighted by molar-refractivity contribution is 8.00. The summed E-state index contributed by atoms with van der Waals surface area (Å²) in [4.78, 5) is 11.2. The molecule has 0 aromatic heterocycles. The Morgan fingerprint density at radius 2 is 2.45 bits per heavy atom. The molecular formula is C7H13N2OS. The predicted molar refractivity (Wildman–Crippen MR) is 46.8 cm³/mol. The molecule has 0 bridgehead atoms. The van der Waals surface area contributed by atoms with Crippen molar-refractivity contribution in [1.29, 1.82) is 0 Å². The van der Waals surface area contributed by atoms with E-state index in [0.717, 1.165) is 12.3 Å². The van der Waals surface area contributed by atoms with E-state index in [4.69, 9.17) is 0 Å². The first-order valence-corrected chi connectivity index (χ1v) is 4.80. The van der Waals surface area contributed by atoms with E-state index in [0.29, 0.717) is 5.25 Å². The van der Waals surface area contributed by atoms with E-state index in [9.17, 15) is 4.79 Å². The van der Waals surface area contributed by atoms with Gasteiger partial charge in [0.1, 0.15) is 6.04 Å².